The van der Waals surface area contributed by atoms with Crippen molar-refractivity contribution in [1.29, 1.82) is 0 Å². The molecule has 1 rings (SSSR count). The van der Waals surface area contributed by atoms with E-state index in [9.17, 15) is 8.78 Å². The zero-order valence-corrected chi connectivity index (χ0v) is 11.5. The zero-order valence-electron chi connectivity index (χ0n) is 11.5. The Bertz CT molecular complexity index is 343. The molecule has 3 heteroatoms. The summed E-state index contributed by atoms with van der Waals surface area (Å²) in [4.78, 5) is 0. The van der Waals surface area contributed by atoms with Gasteiger partial charge >= 0.3 is 0 Å². The normalized spacial score (nSPS) is 13.0. The summed E-state index contributed by atoms with van der Waals surface area (Å²) in [6, 6.07) is 4.17. The molecule has 1 atom stereocenters. The van der Waals surface area contributed by atoms with E-state index < -0.39 is 11.6 Å². The van der Waals surface area contributed by atoms with Crippen LogP contribution in [0, 0.1) is 17.6 Å². The molecule has 1 aromatic rings. The highest BCUT2D eigenvalue weighted by Gasteiger charge is 2.10. The topological polar surface area (TPSA) is 12.0 Å². The lowest BCUT2D eigenvalue weighted by atomic mass is 9.97. The van der Waals surface area contributed by atoms with E-state index in [2.05, 4.69) is 26.1 Å². The molecule has 0 aromatic heterocycles. The Morgan fingerprint density at radius 3 is 2.22 bits per heavy atom. The van der Waals surface area contributed by atoms with E-state index in [1.165, 1.54) is 12.1 Å². The van der Waals surface area contributed by atoms with E-state index in [-0.39, 0.29) is 0 Å². The van der Waals surface area contributed by atoms with Crippen LogP contribution in [0.3, 0.4) is 0 Å². The Morgan fingerprint density at radius 1 is 1.11 bits per heavy atom. The van der Waals surface area contributed by atoms with Gasteiger partial charge in [0.15, 0.2) is 0 Å². The molecule has 0 heterocycles. The van der Waals surface area contributed by atoms with Crippen LogP contribution in [-0.4, -0.2) is 12.6 Å². The van der Waals surface area contributed by atoms with Gasteiger partial charge in [-0.05, 0) is 49.4 Å². The van der Waals surface area contributed by atoms with Gasteiger partial charge in [-0.2, -0.15) is 0 Å². The molecule has 0 radical (unpaired) electrons. The molecule has 102 valence electrons. The first kappa shape index (κ1) is 15.1. The SMILES string of the molecule is CCNC(CCc1cc(F)cc(F)c1)CC(C)C. The number of nitrogens with one attached hydrogen (secondary N) is 1. The predicted octanol–water partition coefficient (Wildman–Crippen LogP) is 3.92. The van der Waals surface area contributed by atoms with Gasteiger partial charge in [-0.3, -0.25) is 0 Å². The molecule has 0 spiro atoms. The van der Waals surface area contributed by atoms with Gasteiger partial charge in [-0.15, -0.1) is 0 Å². The molecule has 0 fully saturated rings. The first-order chi connectivity index (χ1) is 8.51. The number of rotatable bonds is 7. The molecule has 0 saturated carbocycles. The van der Waals surface area contributed by atoms with Crippen LogP contribution in [-0.2, 0) is 6.42 Å². The minimum atomic E-state index is -0.492. The third-order valence-corrected chi connectivity index (χ3v) is 2.95. The summed E-state index contributed by atoms with van der Waals surface area (Å²) in [6.07, 6.45) is 2.71. The molecular weight excluding hydrogens is 232 g/mol. The summed E-state index contributed by atoms with van der Waals surface area (Å²) in [6.45, 7) is 7.38. The van der Waals surface area contributed by atoms with Crippen molar-refractivity contribution in [2.24, 2.45) is 5.92 Å². The third-order valence-electron chi connectivity index (χ3n) is 2.95. The Hall–Kier alpha value is -0.960. The Balaban J connectivity index is 2.54. The van der Waals surface area contributed by atoms with Gasteiger partial charge in [-0.1, -0.05) is 20.8 Å². The standard InChI is InChI=1S/C15H23F2N/c1-4-18-15(7-11(2)3)6-5-12-8-13(16)10-14(17)9-12/h8-11,15,18H,4-7H2,1-3H3. The Labute approximate surface area is 109 Å². The van der Waals surface area contributed by atoms with Crippen LogP contribution in [0.25, 0.3) is 0 Å². The Morgan fingerprint density at radius 2 is 1.72 bits per heavy atom. The largest absolute Gasteiger partial charge is 0.314 e. The second-order valence-electron chi connectivity index (χ2n) is 5.20. The molecule has 0 aliphatic carbocycles. The summed E-state index contributed by atoms with van der Waals surface area (Å²) < 4.78 is 26.1. The highest BCUT2D eigenvalue weighted by atomic mass is 19.1. The van der Waals surface area contributed by atoms with Crippen molar-refractivity contribution in [3.8, 4) is 0 Å². The van der Waals surface area contributed by atoms with Crippen molar-refractivity contribution >= 4 is 0 Å². The van der Waals surface area contributed by atoms with E-state index in [0.717, 1.165) is 31.0 Å². The van der Waals surface area contributed by atoms with Crippen LogP contribution in [0.4, 0.5) is 8.78 Å². The van der Waals surface area contributed by atoms with Crippen LogP contribution >= 0.6 is 0 Å². The maximum Gasteiger partial charge on any atom is 0.126 e. The van der Waals surface area contributed by atoms with Crippen molar-refractivity contribution in [2.75, 3.05) is 6.54 Å². The highest BCUT2D eigenvalue weighted by Crippen LogP contribution is 2.14. The molecule has 18 heavy (non-hydrogen) atoms. The minimum absolute atomic E-state index is 0.418. The van der Waals surface area contributed by atoms with Crippen LogP contribution in [0.15, 0.2) is 18.2 Å². The van der Waals surface area contributed by atoms with Crippen LogP contribution in [0.5, 0.6) is 0 Å². The second-order valence-corrected chi connectivity index (χ2v) is 5.20. The number of aryl methyl sites for hydroxylation is 1. The first-order valence-corrected chi connectivity index (χ1v) is 6.69. The van der Waals surface area contributed by atoms with Crippen LogP contribution < -0.4 is 5.32 Å². The molecule has 1 aromatic carbocycles. The summed E-state index contributed by atoms with van der Waals surface area (Å²) in [5.74, 6) is -0.360. The smallest absolute Gasteiger partial charge is 0.126 e. The summed E-state index contributed by atoms with van der Waals surface area (Å²) in [5, 5.41) is 3.43. The van der Waals surface area contributed by atoms with Crippen LogP contribution in [0.1, 0.15) is 39.2 Å². The maximum atomic E-state index is 13.1. The lowest BCUT2D eigenvalue weighted by Gasteiger charge is -2.19. The molecule has 1 N–H and O–H groups in total. The average Bonchev–Trinajstić information content (AvgIpc) is 2.24. The van der Waals surface area contributed by atoms with Crippen molar-refractivity contribution < 1.29 is 8.78 Å². The quantitative estimate of drug-likeness (QED) is 0.778. The van der Waals surface area contributed by atoms with Crippen molar-refractivity contribution in [2.45, 2.75) is 46.1 Å². The van der Waals surface area contributed by atoms with E-state index in [0.29, 0.717) is 18.4 Å². The van der Waals surface area contributed by atoms with Gasteiger partial charge in [0.05, 0.1) is 0 Å². The second kappa shape index (κ2) is 7.47. The van der Waals surface area contributed by atoms with Crippen molar-refractivity contribution in [3.05, 3.63) is 35.4 Å². The number of benzene rings is 1. The van der Waals surface area contributed by atoms with Gasteiger partial charge in [0, 0.05) is 12.1 Å². The van der Waals surface area contributed by atoms with E-state index >= 15 is 0 Å². The third kappa shape index (κ3) is 5.58. The predicted molar refractivity (Wildman–Crippen MR) is 71.6 cm³/mol. The lowest BCUT2D eigenvalue weighted by Crippen LogP contribution is -2.30. The molecule has 0 bridgehead atoms. The van der Waals surface area contributed by atoms with Gasteiger partial charge in [0.2, 0.25) is 0 Å². The van der Waals surface area contributed by atoms with Crippen LogP contribution in [0.2, 0.25) is 0 Å². The average molecular weight is 255 g/mol. The zero-order chi connectivity index (χ0) is 13.5. The van der Waals surface area contributed by atoms with Gasteiger partial charge < -0.3 is 5.32 Å². The lowest BCUT2D eigenvalue weighted by molar-refractivity contribution is 0.405. The fourth-order valence-electron chi connectivity index (χ4n) is 2.26. The number of hydrogen-bond acceptors (Lipinski definition) is 1. The van der Waals surface area contributed by atoms with Gasteiger partial charge in [0.1, 0.15) is 11.6 Å². The molecule has 0 saturated heterocycles. The van der Waals surface area contributed by atoms with Gasteiger partial charge in [-0.25, -0.2) is 8.78 Å². The highest BCUT2D eigenvalue weighted by molar-refractivity contribution is 5.18. The van der Waals surface area contributed by atoms with Crippen molar-refractivity contribution in [3.63, 3.8) is 0 Å². The van der Waals surface area contributed by atoms with E-state index in [4.69, 9.17) is 0 Å². The first-order valence-electron chi connectivity index (χ1n) is 6.69. The fourth-order valence-corrected chi connectivity index (χ4v) is 2.26. The molecule has 0 aliphatic rings. The molecule has 1 nitrogen and oxygen atoms in total. The summed E-state index contributed by atoms with van der Waals surface area (Å²) >= 11 is 0. The monoisotopic (exact) mass is 255 g/mol. The molecule has 1 unspecified atom stereocenters. The summed E-state index contributed by atoms with van der Waals surface area (Å²) in [5.41, 5.74) is 0.735. The van der Waals surface area contributed by atoms with E-state index in [1.807, 2.05) is 0 Å². The van der Waals surface area contributed by atoms with Crippen molar-refractivity contribution in [1.82, 2.24) is 5.32 Å². The van der Waals surface area contributed by atoms with E-state index in [1.54, 1.807) is 0 Å². The fraction of sp³-hybridized carbons (Fsp3) is 0.600. The maximum absolute atomic E-state index is 13.1. The van der Waals surface area contributed by atoms with Gasteiger partial charge in [0.25, 0.3) is 0 Å². The molecule has 0 aliphatic heterocycles. The molecule has 0 amide bonds. The Kier molecular flexibility index (Phi) is 6.27. The summed E-state index contributed by atoms with van der Waals surface area (Å²) in [7, 11) is 0. The number of hydrogen-bond donors (Lipinski definition) is 1. The number of halogens is 2. The molecular formula is C15H23F2N. The minimum Gasteiger partial charge on any atom is -0.314 e.